The summed E-state index contributed by atoms with van der Waals surface area (Å²) in [7, 11) is 0. The fourth-order valence-electron chi connectivity index (χ4n) is 2.72. The van der Waals surface area contributed by atoms with Crippen molar-refractivity contribution in [3.63, 3.8) is 0 Å². The normalized spacial score (nSPS) is 15.2. The van der Waals surface area contributed by atoms with E-state index in [1.165, 1.54) is 0 Å². The lowest BCUT2D eigenvalue weighted by Gasteiger charge is -2.12. The average molecular weight is 396 g/mol. The largest absolute Gasteiger partial charge is 0.494 e. The predicted molar refractivity (Wildman–Crippen MR) is 110 cm³/mol. The zero-order valence-corrected chi connectivity index (χ0v) is 16.4. The summed E-state index contributed by atoms with van der Waals surface area (Å²) >= 11 is 0.824. The lowest BCUT2D eigenvalue weighted by atomic mass is 10.2. The number of thioether (sulfide) groups is 1. The molecule has 0 spiro atoms. The number of nitrogens with one attached hydrogen (secondary N) is 1. The molecule has 1 heterocycles. The monoisotopic (exact) mass is 396 g/mol. The highest BCUT2D eigenvalue weighted by Gasteiger charge is 2.36. The van der Waals surface area contributed by atoms with Gasteiger partial charge in [-0.15, -0.1) is 0 Å². The van der Waals surface area contributed by atoms with Crippen LogP contribution in [0.15, 0.2) is 53.4 Å². The molecule has 0 radical (unpaired) electrons. The Bertz CT molecular complexity index is 955. The number of imide groups is 1. The Morgan fingerprint density at radius 3 is 2.71 bits per heavy atom. The summed E-state index contributed by atoms with van der Waals surface area (Å²) in [6, 6.07) is 14.6. The second kappa shape index (κ2) is 8.75. The van der Waals surface area contributed by atoms with Gasteiger partial charge in [-0.2, -0.15) is 0 Å². The number of hydrogen-bond acceptors (Lipinski definition) is 5. The molecule has 1 saturated heterocycles. The smallest absolute Gasteiger partial charge is 0.294 e. The van der Waals surface area contributed by atoms with Crippen LogP contribution in [0.1, 0.15) is 18.1 Å². The average Bonchev–Trinajstić information content (AvgIpc) is 2.90. The van der Waals surface area contributed by atoms with E-state index in [1.807, 2.05) is 50.2 Å². The van der Waals surface area contributed by atoms with E-state index in [-0.39, 0.29) is 11.4 Å². The second-order valence-electron chi connectivity index (χ2n) is 6.19. The van der Waals surface area contributed by atoms with E-state index in [4.69, 9.17) is 4.74 Å². The van der Waals surface area contributed by atoms with Gasteiger partial charge in [0.25, 0.3) is 11.1 Å². The zero-order valence-electron chi connectivity index (χ0n) is 15.6. The lowest BCUT2D eigenvalue weighted by Crippen LogP contribution is -2.36. The van der Waals surface area contributed by atoms with Gasteiger partial charge in [0.1, 0.15) is 12.3 Å². The highest BCUT2D eigenvalue weighted by atomic mass is 32.2. The molecule has 1 N–H and O–H groups in total. The summed E-state index contributed by atoms with van der Waals surface area (Å²) < 4.78 is 5.45. The van der Waals surface area contributed by atoms with Crippen molar-refractivity contribution in [3.05, 3.63) is 64.6 Å². The molecule has 3 rings (SSSR count). The van der Waals surface area contributed by atoms with Crippen LogP contribution in [0.5, 0.6) is 5.75 Å². The van der Waals surface area contributed by atoms with Crippen LogP contribution < -0.4 is 10.1 Å². The fourth-order valence-corrected chi connectivity index (χ4v) is 3.55. The van der Waals surface area contributed by atoms with Gasteiger partial charge in [0, 0.05) is 5.69 Å². The van der Waals surface area contributed by atoms with E-state index < -0.39 is 17.1 Å². The number of aryl methyl sites for hydroxylation is 1. The minimum Gasteiger partial charge on any atom is -0.494 e. The van der Waals surface area contributed by atoms with Gasteiger partial charge in [0.2, 0.25) is 5.91 Å². The number of benzene rings is 2. The summed E-state index contributed by atoms with van der Waals surface area (Å²) in [5.74, 6) is -0.211. The SMILES string of the molecule is CCOc1cccc(/C=C2\SC(=O)N(CC(=O)Nc3cccc(C)c3)C2=O)c1. The molecule has 144 valence electrons. The quantitative estimate of drug-likeness (QED) is 0.745. The predicted octanol–water partition coefficient (Wildman–Crippen LogP) is 4.07. The molecular weight excluding hydrogens is 376 g/mol. The molecule has 2 aromatic rings. The molecule has 0 saturated carbocycles. The molecule has 0 atom stereocenters. The number of anilines is 1. The third-order valence-electron chi connectivity index (χ3n) is 3.94. The third kappa shape index (κ3) is 4.80. The Hall–Kier alpha value is -3.06. The first-order chi connectivity index (χ1) is 13.5. The molecule has 1 fully saturated rings. The molecule has 1 aliphatic rings. The van der Waals surface area contributed by atoms with Gasteiger partial charge in [0.05, 0.1) is 11.5 Å². The number of ether oxygens (including phenoxy) is 1. The molecule has 28 heavy (non-hydrogen) atoms. The van der Waals surface area contributed by atoms with E-state index in [1.54, 1.807) is 18.2 Å². The molecule has 2 aromatic carbocycles. The van der Waals surface area contributed by atoms with Crippen LogP contribution in [0.4, 0.5) is 10.5 Å². The maximum Gasteiger partial charge on any atom is 0.294 e. The number of carbonyl (C=O) groups is 3. The van der Waals surface area contributed by atoms with Crippen LogP contribution >= 0.6 is 11.8 Å². The summed E-state index contributed by atoms with van der Waals surface area (Å²) in [6.45, 7) is 4.02. The van der Waals surface area contributed by atoms with E-state index in [0.717, 1.165) is 27.8 Å². The van der Waals surface area contributed by atoms with Crippen LogP contribution in [-0.4, -0.2) is 35.1 Å². The van der Waals surface area contributed by atoms with Gasteiger partial charge in [-0.3, -0.25) is 19.3 Å². The van der Waals surface area contributed by atoms with Crippen molar-refractivity contribution >= 4 is 40.6 Å². The van der Waals surface area contributed by atoms with Gasteiger partial charge in [-0.05, 0) is 67.1 Å². The van der Waals surface area contributed by atoms with Crippen LogP contribution in [0.2, 0.25) is 0 Å². The molecule has 0 bridgehead atoms. The summed E-state index contributed by atoms with van der Waals surface area (Å²) in [6.07, 6.45) is 1.63. The lowest BCUT2D eigenvalue weighted by molar-refractivity contribution is -0.127. The molecule has 0 aliphatic carbocycles. The van der Waals surface area contributed by atoms with Crippen LogP contribution in [0, 0.1) is 6.92 Å². The van der Waals surface area contributed by atoms with Gasteiger partial charge in [0.15, 0.2) is 0 Å². The highest BCUT2D eigenvalue weighted by Crippen LogP contribution is 2.32. The van der Waals surface area contributed by atoms with E-state index in [9.17, 15) is 14.4 Å². The standard InChI is InChI=1S/C21H20N2O4S/c1-3-27-17-9-5-7-15(11-17)12-18-20(25)23(21(26)28-18)13-19(24)22-16-8-4-6-14(2)10-16/h4-12H,3,13H2,1-2H3,(H,22,24)/b18-12-. The van der Waals surface area contributed by atoms with Crippen molar-refractivity contribution in [1.82, 2.24) is 4.90 Å². The van der Waals surface area contributed by atoms with E-state index >= 15 is 0 Å². The van der Waals surface area contributed by atoms with Crippen LogP contribution in [0.25, 0.3) is 6.08 Å². The Balaban J connectivity index is 1.69. The van der Waals surface area contributed by atoms with E-state index in [2.05, 4.69) is 5.32 Å². The molecule has 6 nitrogen and oxygen atoms in total. The molecule has 1 aliphatic heterocycles. The van der Waals surface area contributed by atoms with Crippen molar-refractivity contribution < 1.29 is 19.1 Å². The Kier molecular flexibility index (Phi) is 6.16. The second-order valence-corrected chi connectivity index (χ2v) is 7.18. The number of rotatable bonds is 6. The topological polar surface area (TPSA) is 75.7 Å². The van der Waals surface area contributed by atoms with Gasteiger partial charge in [-0.1, -0.05) is 24.3 Å². The van der Waals surface area contributed by atoms with Crippen LogP contribution in [0.3, 0.4) is 0 Å². The van der Waals surface area contributed by atoms with Crippen LogP contribution in [-0.2, 0) is 9.59 Å². The number of hydrogen-bond donors (Lipinski definition) is 1. The van der Waals surface area contributed by atoms with Gasteiger partial charge >= 0.3 is 0 Å². The van der Waals surface area contributed by atoms with Crippen molar-refractivity contribution in [2.24, 2.45) is 0 Å². The molecule has 3 amide bonds. The molecule has 0 unspecified atom stereocenters. The van der Waals surface area contributed by atoms with Crippen molar-refractivity contribution in [1.29, 1.82) is 0 Å². The minimum absolute atomic E-state index is 0.280. The maximum atomic E-state index is 12.6. The molecular formula is C21H20N2O4S. The Morgan fingerprint density at radius 2 is 1.96 bits per heavy atom. The van der Waals surface area contributed by atoms with Gasteiger partial charge in [-0.25, -0.2) is 0 Å². The van der Waals surface area contributed by atoms with Crippen molar-refractivity contribution in [3.8, 4) is 5.75 Å². The molecule has 0 aromatic heterocycles. The summed E-state index contributed by atoms with van der Waals surface area (Å²) in [5.41, 5.74) is 2.38. The Morgan fingerprint density at radius 1 is 1.18 bits per heavy atom. The first-order valence-corrected chi connectivity index (χ1v) is 9.62. The number of carbonyl (C=O) groups excluding carboxylic acids is 3. The summed E-state index contributed by atoms with van der Waals surface area (Å²) in [5, 5.41) is 2.25. The number of amides is 3. The highest BCUT2D eigenvalue weighted by molar-refractivity contribution is 8.18. The van der Waals surface area contributed by atoms with Crippen molar-refractivity contribution in [2.45, 2.75) is 13.8 Å². The first kappa shape index (κ1) is 19.7. The zero-order chi connectivity index (χ0) is 20.1. The first-order valence-electron chi connectivity index (χ1n) is 8.81. The van der Waals surface area contributed by atoms with Crippen molar-refractivity contribution in [2.75, 3.05) is 18.5 Å². The van der Waals surface area contributed by atoms with Gasteiger partial charge < -0.3 is 10.1 Å². The third-order valence-corrected chi connectivity index (χ3v) is 4.85. The summed E-state index contributed by atoms with van der Waals surface area (Å²) in [4.78, 5) is 38.3. The maximum absolute atomic E-state index is 12.6. The minimum atomic E-state index is -0.476. The number of nitrogens with zero attached hydrogens (tertiary/aromatic N) is 1. The fraction of sp³-hybridized carbons (Fsp3) is 0.190. The Labute approximate surface area is 167 Å². The molecule has 7 heteroatoms. The van der Waals surface area contributed by atoms with E-state index in [0.29, 0.717) is 18.0 Å².